The molecule has 6 aromatic rings. The third kappa shape index (κ3) is 3.87. The minimum absolute atomic E-state index is 0.0633. The molecule has 1 aliphatic heterocycles. The van der Waals surface area contributed by atoms with Gasteiger partial charge < -0.3 is 5.11 Å². The summed E-state index contributed by atoms with van der Waals surface area (Å²) in [6.07, 6.45) is -0.0633. The van der Waals surface area contributed by atoms with Crippen molar-refractivity contribution < 1.29 is 19.5 Å². The largest absolute Gasteiger partial charge is 0.481 e. The molecule has 43 heavy (non-hydrogen) atoms. The van der Waals surface area contributed by atoms with E-state index in [1.165, 1.54) is 4.90 Å². The SMILES string of the molecule is CC(C)(C)c1ccc(C(C)(C)C)c(N2C(=O)c3ccc4c5cccc6c(CC(=O)O)ccc(c7ccc(c3c47)C2=O)c65)c1. The first-order valence-corrected chi connectivity index (χ1v) is 14.7. The lowest BCUT2D eigenvalue weighted by Gasteiger charge is -2.34. The highest BCUT2D eigenvalue weighted by Gasteiger charge is 2.38. The van der Waals surface area contributed by atoms with Gasteiger partial charge in [0.1, 0.15) is 0 Å². The molecular weight excluding hydrogens is 534 g/mol. The van der Waals surface area contributed by atoms with Crippen LogP contribution in [0.4, 0.5) is 5.69 Å². The molecule has 214 valence electrons. The Morgan fingerprint density at radius 2 is 1.21 bits per heavy atom. The molecule has 5 heteroatoms. The van der Waals surface area contributed by atoms with Crippen molar-refractivity contribution in [3.05, 3.63) is 101 Å². The van der Waals surface area contributed by atoms with Crippen LogP contribution < -0.4 is 4.90 Å². The number of carbonyl (C=O) groups is 3. The van der Waals surface area contributed by atoms with Gasteiger partial charge in [0.2, 0.25) is 0 Å². The lowest BCUT2D eigenvalue weighted by atomic mass is 9.80. The molecule has 1 aliphatic rings. The summed E-state index contributed by atoms with van der Waals surface area (Å²) in [5.41, 5.74) is 3.95. The van der Waals surface area contributed by atoms with Gasteiger partial charge in [0, 0.05) is 16.5 Å². The molecular formula is C38H33NO4. The van der Waals surface area contributed by atoms with Crippen LogP contribution >= 0.6 is 0 Å². The maximum absolute atomic E-state index is 14.4. The van der Waals surface area contributed by atoms with Crippen molar-refractivity contribution in [3.63, 3.8) is 0 Å². The third-order valence-corrected chi connectivity index (χ3v) is 8.99. The molecule has 0 spiro atoms. The number of benzene rings is 6. The van der Waals surface area contributed by atoms with Gasteiger partial charge in [-0.05, 0) is 83.4 Å². The summed E-state index contributed by atoms with van der Waals surface area (Å²) < 4.78 is 0. The topological polar surface area (TPSA) is 74.7 Å². The number of anilines is 1. The third-order valence-electron chi connectivity index (χ3n) is 8.99. The minimum Gasteiger partial charge on any atom is -0.481 e. The predicted octanol–water partition coefficient (Wildman–Crippen LogP) is 8.76. The Morgan fingerprint density at radius 3 is 1.79 bits per heavy atom. The summed E-state index contributed by atoms with van der Waals surface area (Å²) in [6, 6.07) is 23.6. The average molecular weight is 568 g/mol. The van der Waals surface area contributed by atoms with E-state index >= 15 is 0 Å². The van der Waals surface area contributed by atoms with Crippen molar-refractivity contribution >= 4 is 66.6 Å². The van der Waals surface area contributed by atoms with Crippen molar-refractivity contribution in [3.8, 4) is 0 Å². The summed E-state index contributed by atoms with van der Waals surface area (Å²) in [4.78, 5) is 41.8. The smallest absolute Gasteiger partial charge is 0.307 e. The Kier molecular flexibility index (Phi) is 5.59. The van der Waals surface area contributed by atoms with Crippen LogP contribution in [0.3, 0.4) is 0 Å². The van der Waals surface area contributed by atoms with Crippen LogP contribution in [0, 0.1) is 0 Å². The standard InChI is InChI=1S/C38H33NO4/c1-37(2,3)21-11-17-29(38(4,5)6)30(19-21)39-35(42)27-15-13-25-23-9-7-8-22-20(18-31(40)41)10-12-24(32(22)23)26-14-16-28(36(39)43)34(27)33(25)26/h7-17,19H,18H2,1-6H3,(H,40,41). The summed E-state index contributed by atoms with van der Waals surface area (Å²) >= 11 is 0. The molecule has 0 fully saturated rings. The van der Waals surface area contributed by atoms with Gasteiger partial charge in [-0.15, -0.1) is 0 Å². The molecule has 0 aromatic heterocycles. The van der Waals surface area contributed by atoms with Crippen LogP contribution in [0.2, 0.25) is 0 Å². The summed E-state index contributed by atoms with van der Waals surface area (Å²) in [6.45, 7) is 12.7. The maximum Gasteiger partial charge on any atom is 0.307 e. The molecule has 2 amide bonds. The van der Waals surface area contributed by atoms with Gasteiger partial charge in [0.25, 0.3) is 11.8 Å². The number of fused-ring (bicyclic) bond motifs is 2. The van der Waals surface area contributed by atoms with Crippen LogP contribution in [0.5, 0.6) is 0 Å². The van der Waals surface area contributed by atoms with Crippen LogP contribution in [0.1, 0.15) is 78.9 Å². The Bertz CT molecular complexity index is 2120. The van der Waals surface area contributed by atoms with Crippen LogP contribution in [-0.2, 0) is 22.0 Å². The molecule has 0 aliphatic carbocycles. The van der Waals surface area contributed by atoms with Gasteiger partial charge >= 0.3 is 5.97 Å². The van der Waals surface area contributed by atoms with Gasteiger partial charge in [-0.2, -0.15) is 0 Å². The van der Waals surface area contributed by atoms with E-state index in [1.54, 1.807) is 0 Å². The van der Waals surface area contributed by atoms with Gasteiger partial charge in [-0.25, -0.2) is 4.90 Å². The second kappa shape index (κ2) is 8.87. The van der Waals surface area contributed by atoms with Gasteiger partial charge in [-0.1, -0.05) is 96.1 Å². The van der Waals surface area contributed by atoms with Crippen LogP contribution in [-0.4, -0.2) is 22.9 Å². The highest BCUT2D eigenvalue weighted by molar-refractivity contribution is 6.42. The molecule has 0 bridgehead atoms. The van der Waals surface area contributed by atoms with Crippen molar-refractivity contribution in [2.75, 3.05) is 4.90 Å². The van der Waals surface area contributed by atoms with Crippen molar-refractivity contribution in [2.24, 2.45) is 0 Å². The van der Waals surface area contributed by atoms with Gasteiger partial charge in [0.05, 0.1) is 12.1 Å². The van der Waals surface area contributed by atoms with E-state index in [9.17, 15) is 19.5 Å². The number of aliphatic carboxylic acids is 1. The molecule has 0 saturated carbocycles. The van der Waals surface area contributed by atoms with E-state index < -0.39 is 5.97 Å². The van der Waals surface area contributed by atoms with E-state index in [-0.39, 0.29) is 29.1 Å². The normalized spacial score (nSPS) is 14.1. The number of imide groups is 1. The zero-order chi connectivity index (χ0) is 30.6. The molecule has 0 unspecified atom stereocenters. The number of nitrogens with zero attached hydrogens (tertiary/aromatic N) is 1. The van der Waals surface area contributed by atoms with Crippen LogP contribution in [0.25, 0.3) is 43.1 Å². The Balaban J connectivity index is 1.52. The number of hydrogen-bond donors (Lipinski definition) is 1. The molecule has 1 N–H and O–H groups in total. The fourth-order valence-corrected chi connectivity index (χ4v) is 6.90. The van der Waals surface area contributed by atoms with E-state index in [0.29, 0.717) is 22.2 Å². The van der Waals surface area contributed by atoms with Crippen molar-refractivity contribution in [1.29, 1.82) is 0 Å². The fraction of sp³-hybridized carbons (Fsp3) is 0.237. The molecule has 1 heterocycles. The Labute approximate surface area is 250 Å². The van der Waals surface area contributed by atoms with Gasteiger partial charge in [0.15, 0.2) is 0 Å². The highest BCUT2D eigenvalue weighted by atomic mass is 16.4. The minimum atomic E-state index is -0.875. The molecule has 0 atom stereocenters. The average Bonchev–Trinajstić information content (AvgIpc) is 2.94. The molecule has 5 nitrogen and oxygen atoms in total. The van der Waals surface area contributed by atoms with E-state index in [1.807, 2.05) is 60.7 Å². The highest BCUT2D eigenvalue weighted by Crippen LogP contribution is 2.46. The quantitative estimate of drug-likeness (QED) is 0.132. The van der Waals surface area contributed by atoms with E-state index in [0.717, 1.165) is 54.4 Å². The van der Waals surface area contributed by atoms with Gasteiger partial charge in [-0.3, -0.25) is 14.4 Å². The number of amides is 2. The van der Waals surface area contributed by atoms with Crippen molar-refractivity contribution in [1.82, 2.24) is 0 Å². The maximum atomic E-state index is 14.4. The molecule has 0 saturated heterocycles. The summed E-state index contributed by atoms with van der Waals surface area (Å²) in [7, 11) is 0. The zero-order valence-electron chi connectivity index (χ0n) is 25.3. The summed E-state index contributed by atoms with van der Waals surface area (Å²) in [5.74, 6) is -1.52. The number of carboxylic acid groups (broad SMARTS) is 1. The van der Waals surface area contributed by atoms with Crippen LogP contribution in [0.15, 0.2) is 72.8 Å². The first-order valence-electron chi connectivity index (χ1n) is 14.7. The zero-order valence-corrected chi connectivity index (χ0v) is 25.3. The molecule has 6 aromatic carbocycles. The van der Waals surface area contributed by atoms with E-state index in [2.05, 4.69) is 53.7 Å². The lowest BCUT2D eigenvalue weighted by Crippen LogP contribution is -2.42. The second-order valence-electron chi connectivity index (χ2n) is 13.8. The number of rotatable bonds is 3. The summed E-state index contributed by atoms with van der Waals surface area (Å²) in [5, 5.41) is 16.8. The Morgan fingerprint density at radius 1 is 0.651 bits per heavy atom. The first kappa shape index (κ1) is 27.1. The Hall–Kier alpha value is -4.77. The molecule has 7 rings (SSSR count). The van der Waals surface area contributed by atoms with E-state index in [4.69, 9.17) is 0 Å². The number of carbonyl (C=O) groups excluding carboxylic acids is 2. The number of carboxylic acids is 1. The predicted molar refractivity (Wildman–Crippen MR) is 174 cm³/mol. The fourth-order valence-electron chi connectivity index (χ4n) is 6.90. The molecule has 0 radical (unpaired) electrons. The van der Waals surface area contributed by atoms with Crippen molar-refractivity contribution in [2.45, 2.75) is 58.8 Å². The first-order chi connectivity index (χ1) is 20.3. The lowest BCUT2D eigenvalue weighted by molar-refractivity contribution is -0.136. The monoisotopic (exact) mass is 567 g/mol. The number of hydrogen-bond acceptors (Lipinski definition) is 3. The second-order valence-corrected chi connectivity index (χ2v) is 13.8.